The minimum absolute atomic E-state index is 0.240. The highest BCUT2D eigenvalue weighted by molar-refractivity contribution is 5.76. The molecule has 0 spiro atoms. The van der Waals surface area contributed by atoms with Crippen molar-refractivity contribution in [1.29, 1.82) is 0 Å². The Labute approximate surface area is 137 Å². The summed E-state index contributed by atoms with van der Waals surface area (Å²) >= 11 is 0. The van der Waals surface area contributed by atoms with Crippen LogP contribution in [-0.4, -0.2) is 48.4 Å². The van der Waals surface area contributed by atoms with Gasteiger partial charge in [0.15, 0.2) is 0 Å². The summed E-state index contributed by atoms with van der Waals surface area (Å²) in [4.78, 5) is 16.7. The van der Waals surface area contributed by atoms with Crippen molar-refractivity contribution >= 4 is 5.91 Å². The summed E-state index contributed by atoms with van der Waals surface area (Å²) in [5.74, 6) is 1.13. The highest BCUT2D eigenvalue weighted by Gasteiger charge is 2.20. The van der Waals surface area contributed by atoms with Gasteiger partial charge in [0, 0.05) is 45.6 Å². The number of benzene rings is 1. The van der Waals surface area contributed by atoms with Gasteiger partial charge in [-0.25, -0.2) is 0 Å². The van der Waals surface area contributed by atoms with Gasteiger partial charge in [-0.05, 0) is 24.1 Å². The predicted octanol–water partition coefficient (Wildman–Crippen LogP) is 2.60. The van der Waals surface area contributed by atoms with Crippen molar-refractivity contribution in [3.8, 4) is 0 Å². The van der Waals surface area contributed by atoms with Gasteiger partial charge in [-0.2, -0.15) is 0 Å². The van der Waals surface area contributed by atoms with Crippen molar-refractivity contribution in [3.05, 3.63) is 60.1 Å². The van der Waals surface area contributed by atoms with E-state index in [2.05, 4.69) is 35.2 Å². The Bertz CT molecular complexity index is 587. The van der Waals surface area contributed by atoms with E-state index in [1.807, 2.05) is 17.0 Å². The lowest BCUT2D eigenvalue weighted by molar-refractivity contribution is -0.132. The number of furan rings is 1. The third-order valence-electron chi connectivity index (χ3n) is 4.45. The molecular weight excluding hydrogens is 288 g/mol. The molecule has 122 valence electrons. The van der Waals surface area contributed by atoms with Crippen molar-refractivity contribution in [3.63, 3.8) is 0 Å². The standard InChI is InChI=1S/C19H24N2O2/c22-19(9-8-18-7-4-16-23-18)21-14-12-20(13-15-21)11-10-17-5-2-1-3-6-17/h1-7,16H,8-15H2. The van der Waals surface area contributed by atoms with E-state index in [0.29, 0.717) is 12.8 Å². The third kappa shape index (κ3) is 4.70. The fourth-order valence-electron chi connectivity index (χ4n) is 3.00. The smallest absolute Gasteiger partial charge is 0.223 e. The number of carbonyl (C=O) groups excluding carboxylic acids is 1. The molecule has 23 heavy (non-hydrogen) atoms. The quantitative estimate of drug-likeness (QED) is 0.823. The number of carbonyl (C=O) groups is 1. The van der Waals surface area contributed by atoms with E-state index in [0.717, 1.165) is 44.9 Å². The Morgan fingerprint density at radius 2 is 1.74 bits per heavy atom. The van der Waals surface area contributed by atoms with Crippen LogP contribution in [0.15, 0.2) is 53.1 Å². The number of aryl methyl sites for hydroxylation is 1. The van der Waals surface area contributed by atoms with E-state index >= 15 is 0 Å². The van der Waals surface area contributed by atoms with Gasteiger partial charge < -0.3 is 9.32 Å². The number of nitrogens with zero attached hydrogens (tertiary/aromatic N) is 2. The highest BCUT2D eigenvalue weighted by atomic mass is 16.3. The number of hydrogen-bond donors (Lipinski definition) is 0. The molecule has 0 radical (unpaired) electrons. The second-order valence-corrected chi connectivity index (χ2v) is 6.04. The summed E-state index contributed by atoms with van der Waals surface area (Å²) < 4.78 is 5.28. The Hall–Kier alpha value is -2.07. The normalized spacial score (nSPS) is 15.7. The first-order valence-corrected chi connectivity index (χ1v) is 8.38. The number of hydrogen-bond acceptors (Lipinski definition) is 3. The van der Waals surface area contributed by atoms with Crippen LogP contribution in [0.5, 0.6) is 0 Å². The van der Waals surface area contributed by atoms with Crippen LogP contribution in [0, 0.1) is 0 Å². The average Bonchev–Trinajstić information content (AvgIpc) is 3.13. The lowest BCUT2D eigenvalue weighted by Crippen LogP contribution is -2.49. The number of piperazine rings is 1. The predicted molar refractivity (Wildman–Crippen MR) is 90.2 cm³/mol. The van der Waals surface area contributed by atoms with E-state index in [-0.39, 0.29) is 5.91 Å². The molecular formula is C19H24N2O2. The zero-order valence-electron chi connectivity index (χ0n) is 13.5. The first-order chi connectivity index (χ1) is 11.3. The van der Waals surface area contributed by atoms with Crippen molar-refractivity contribution in [2.75, 3.05) is 32.7 Å². The van der Waals surface area contributed by atoms with Crippen LogP contribution in [0.2, 0.25) is 0 Å². The minimum atomic E-state index is 0.240. The van der Waals surface area contributed by atoms with Gasteiger partial charge in [0.05, 0.1) is 6.26 Å². The molecule has 4 heteroatoms. The maximum atomic E-state index is 12.2. The fraction of sp³-hybridized carbons (Fsp3) is 0.421. The Morgan fingerprint density at radius 3 is 2.43 bits per heavy atom. The molecule has 3 rings (SSSR count). The Kier molecular flexibility index (Phi) is 5.48. The summed E-state index contributed by atoms with van der Waals surface area (Å²) in [5.41, 5.74) is 1.38. The zero-order valence-corrected chi connectivity index (χ0v) is 13.5. The molecule has 1 fully saturated rings. The molecule has 1 aromatic heterocycles. The molecule has 1 aliphatic rings. The molecule has 2 aromatic rings. The van der Waals surface area contributed by atoms with Crippen molar-refractivity contribution in [2.24, 2.45) is 0 Å². The summed E-state index contributed by atoms with van der Waals surface area (Å²) in [5, 5.41) is 0. The van der Waals surface area contributed by atoms with Gasteiger partial charge in [0.25, 0.3) is 0 Å². The minimum Gasteiger partial charge on any atom is -0.469 e. The monoisotopic (exact) mass is 312 g/mol. The second-order valence-electron chi connectivity index (χ2n) is 6.04. The van der Waals surface area contributed by atoms with Crippen LogP contribution in [0.4, 0.5) is 0 Å². The van der Waals surface area contributed by atoms with Crippen LogP contribution >= 0.6 is 0 Å². The summed E-state index contributed by atoms with van der Waals surface area (Å²) in [6.45, 7) is 4.69. The maximum Gasteiger partial charge on any atom is 0.223 e. The number of amides is 1. The Morgan fingerprint density at radius 1 is 0.957 bits per heavy atom. The molecule has 0 saturated carbocycles. The molecule has 0 aliphatic carbocycles. The molecule has 1 aliphatic heterocycles. The van der Waals surface area contributed by atoms with Gasteiger partial charge in [0.1, 0.15) is 5.76 Å². The largest absolute Gasteiger partial charge is 0.469 e. The van der Waals surface area contributed by atoms with Gasteiger partial charge in [-0.15, -0.1) is 0 Å². The van der Waals surface area contributed by atoms with E-state index in [1.54, 1.807) is 6.26 Å². The molecule has 2 heterocycles. The second kappa shape index (κ2) is 7.97. The lowest BCUT2D eigenvalue weighted by Gasteiger charge is -2.34. The van der Waals surface area contributed by atoms with Gasteiger partial charge in [0.2, 0.25) is 5.91 Å². The van der Waals surface area contributed by atoms with E-state index in [9.17, 15) is 4.79 Å². The fourth-order valence-corrected chi connectivity index (χ4v) is 3.00. The number of rotatable bonds is 6. The van der Waals surface area contributed by atoms with Gasteiger partial charge in [-0.1, -0.05) is 30.3 Å². The summed E-state index contributed by atoms with van der Waals surface area (Å²) in [7, 11) is 0. The van der Waals surface area contributed by atoms with Crippen molar-refractivity contribution in [2.45, 2.75) is 19.3 Å². The van der Waals surface area contributed by atoms with E-state index in [4.69, 9.17) is 4.42 Å². The van der Waals surface area contributed by atoms with Gasteiger partial charge in [-0.3, -0.25) is 9.69 Å². The topological polar surface area (TPSA) is 36.7 Å². The van der Waals surface area contributed by atoms with Crippen LogP contribution in [0.3, 0.4) is 0 Å². The molecule has 0 atom stereocenters. The van der Waals surface area contributed by atoms with Crippen molar-refractivity contribution < 1.29 is 9.21 Å². The van der Waals surface area contributed by atoms with Gasteiger partial charge >= 0.3 is 0 Å². The van der Waals surface area contributed by atoms with Crippen LogP contribution in [0.25, 0.3) is 0 Å². The highest BCUT2D eigenvalue weighted by Crippen LogP contribution is 2.09. The SMILES string of the molecule is O=C(CCc1ccco1)N1CCN(CCc2ccccc2)CC1. The summed E-state index contributed by atoms with van der Waals surface area (Å²) in [6, 6.07) is 14.4. The third-order valence-corrected chi connectivity index (χ3v) is 4.45. The molecule has 0 bridgehead atoms. The zero-order chi connectivity index (χ0) is 15.9. The molecule has 0 N–H and O–H groups in total. The first-order valence-electron chi connectivity index (χ1n) is 8.38. The molecule has 1 aromatic carbocycles. The molecule has 1 amide bonds. The first kappa shape index (κ1) is 15.8. The van der Waals surface area contributed by atoms with Crippen LogP contribution in [-0.2, 0) is 17.6 Å². The summed E-state index contributed by atoms with van der Waals surface area (Å²) in [6.07, 6.45) is 3.97. The average molecular weight is 312 g/mol. The molecule has 1 saturated heterocycles. The van der Waals surface area contributed by atoms with E-state index < -0.39 is 0 Å². The molecule has 4 nitrogen and oxygen atoms in total. The van der Waals surface area contributed by atoms with Crippen LogP contribution < -0.4 is 0 Å². The lowest BCUT2D eigenvalue weighted by atomic mass is 10.1. The Balaban J connectivity index is 1.37. The molecule has 0 unspecified atom stereocenters. The maximum absolute atomic E-state index is 12.2. The van der Waals surface area contributed by atoms with Crippen LogP contribution in [0.1, 0.15) is 17.7 Å². The van der Waals surface area contributed by atoms with Crippen molar-refractivity contribution in [1.82, 2.24) is 9.80 Å². The van der Waals surface area contributed by atoms with E-state index in [1.165, 1.54) is 5.56 Å².